The second-order valence-corrected chi connectivity index (χ2v) is 4.01. The monoisotopic (exact) mass is 229 g/mol. The molecule has 4 nitrogen and oxygen atoms in total. The minimum absolute atomic E-state index is 0.227. The molecule has 0 unspecified atom stereocenters. The van der Waals surface area contributed by atoms with Crippen LogP contribution in [0.2, 0.25) is 0 Å². The summed E-state index contributed by atoms with van der Waals surface area (Å²) in [5, 5.41) is 0. The van der Waals surface area contributed by atoms with Gasteiger partial charge in [-0.05, 0) is 38.0 Å². The molecular formula is C13H15N3O. The molecule has 0 atom stereocenters. The van der Waals surface area contributed by atoms with Crippen molar-refractivity contribution < 1.29 is 4.74 Å². The lowest BCUT2D eigenvalue weighted by Crippen LogP contribution is -1.99. The number of nitrogens with zero attached hydrogens (tertiary/aromatic N) is 2. The van der Waals surface area contributed by atoms with Crippen molar-refractivity contribution in [3.63, 3.8) is 0 Å². The van der Waals surface area contributed by atoms with E-state index >= 15 is 0 Å². The first-order valence-electron chi connectivity index (χ1n) is 5.41. The molecule has 1 aromatic carbocycles. The highest BCUT2D eigenvalue weighted by Crippen LogP contribution is 2.26. The van der Waals surface area contributed by atoms with E-state index in [0.29, 0.717) is 5.88 Å². The van der Waals surface area contributed by atoms with Crippen LogP contribution in [0.5, 0.6) is 11.6 Å². The van der Waals surface area contributed by atoms with Crippen molar-refractivity contribution in [2.75, 3.05) is 5.73 Å². The number of nitrogens with two attached hydrogens (primary N) is 1. The predicted molar refractivity (Wildman–Crippen MR) is 67.2 cm³/mol. The normalized spacial score (nSPS) is 10.3. The maximum absolute atomic E-state index is 5.72. The van der Waals surface area contributed by atoms with Gasteiger partial charge >= 0.3 is 0 Å². The van der Waals surface area contributed by atoms with E-state index in [1.807, 2.05) is 39.0 Å². The van der Waals surface area contributed by atoms with Crippen molar-refractivity contribution >= 4 is 5.95 Å². The van der Waals surface area contributed by atoms with Gasteiger partial charge in [-0.1, -0.05) is 12.1 Å². The Bertz CT molecular complexity index is 532. The third-order valence-electron chi connectivity index (χ3n) is 2.62. The molecule has 0 aliphatic carbocycles. The number of anilines is 1. The summed E-state index contributed by atoms with van der Waals surface area (Å²) in [6.07, 6.45) is 0. The van der Waals surface area contributed by atoms with Gasteiger partial charge in [0.2, 0.25) is 11.8 Å². The molecule has 2 N–H and O–H groups in total. The molecule has 88 valence electrons. The fraction of sp³-hybridized carbons (Fsp3) is 0.231. The predicted octanol–water partition coefficient (Wildman–Crippen LogP) is 2.78. The van der Waals surface area contributed by atoms with E-state index in [4.69, 9.17) is 10.5 Å². The van der Waals surface area contributed by atoms with Gasteiger partial charge in [-0.3, -0.25) is 0 Å². The second-order valence-electron chi connectivity index (χ2n) is 4.01. The number of aryl methyl sites for hydroxylation is 2. The molecule has 1 aromatic heterocycles. The first-order valence-corrected chi connectivity index (χ1v) is 5.41. The van der Waals surface area contributed by atoms with Gasteiger partial charge in [0.05, 0.1) is 0 Å². The Morgan fingerprint density at radius 3 is 2.59 bits per heavy atom. The van der Waals surface area contributed by atoms with Crippen LogP contribution in [0.25, 0.3) is 0 Å². The highest BCUT2D eigenvalue weighted by Gasteiger charge is 2.05. The van der Waals surface area contributed by atoms with Crippen LogP contribution in [0, 0.1) is 20.8 Å². The van der Waals surface area contributed by atoms with Gasteiger partial charge in [-0.25, -0.2) is 4.98 Å². The molecule has 2 rings (SSSR count). The smallest absolute Gasteiger partial charge is 0.224 e. The maximum Gasteiger partial charge on any atom is 0.224 e. The van der Waals surface area contributed by atoms with Crippen LogP contribution in [0.4, 0.5) is 5.95 Å². The standard InChI is InChI=1S/C13H15N3O/c1-8-5-4-6-11(10(8)3)17-12-7-9(2)15-13(14)16-12/h4-7H,1-3H3,(H2,14,15,16). The van der Waals surface area contributed by atoms with Crippen molar-refractivity contribution in [2.45, 2.75) is 20.8 Å². The molecule has 0 saturated carbocycles. The van der Waals surface area contributed by atoms with Crippen molar-refractivity contribution in [3.8, 4) is 11.6 Å². The molecule has 17 heavy (non-hydrogen) atoms. The molecule has 0 aliphatic rings. The number of benzene rings is 1. The van der Waals surface area contributed by atoms with Crippen molar-refractivity contribution in [3.05, 3.63) is 41.1 Å². The first-order chi connectivity index (χ1) is 8.06. The van der Waals surface area contributed by atoms with Crippen LogP contribution in [0.15, 0.2) is 24.3 Å². The summed E-state index contributed by atoms with van der Waals surface area (Å²) in [6, 6.07) is 7.67. The molecule has 4 heteroatoms. The Balaban J connectivity index is 2.34. The van der Waals surface area contributed by atoms with Gasteiger partial charge in [0.1, 0.15) is 5.75 Å². The van der Waals surface area contributed by atoms with Crippen LogP contribution in [0.1, 0.15) is 16.8 Å². The summed E-state index contributed by atoms with van der Waals surface area (Å²) >= 11 is 0. The maximum atomic E-state index is 5.72. The lowest BCUT2D eigenvalue weighted by Gasteiger charge is -2.10. The van der Waals surface area contributed by atoms with Gasteiger partial charge in [-0.15, -0.1) is 0 Å². The second kappa shape index (κ2) is 4.41. The van der Waals surface area contributed by atoms with Crippen molar-refractivity contribution in [1.29, 1.82) is 0 Å². The molecule has 0 amide bonds. The van der Waals surface area contributed by atoms with Gasteiger partial charge in [-0.2, -0.15) is 4.98 Å². The Labute approximate surface area is 100 Å². The lowest BCUT2D eigenvalue weighted by molar-refractivity contribution is 0.458. The number of hydrogen-bond donors (Lipinski definition) is 1. The summed E-state index contributed by atoms with van der Waals surface area (Å²) in [6.45, 7) is 5.91. The van der Waals surface area contributed by atoms with Crippen LogP contribution < -0.4 is 10.5 Å². The number of hydrogen-bond acceptors (Lipinski definition) is 4. The quantitative estimate of drug-likeness (QED) is 0.860. The minimum Gasteiger partial charge on any atom is -0.439 e. The van der Waals surface area contributed by atoms with Gasteiger partial charge in [0.15, 0.2) is 0 Å². The van der Waals surface area contributed by atoms with Gasteiger partial charge < -0.3 is 10.5 Å². The Morgan fingerprint density at radius 2 is 1.88 bits per heavy atom. The average Bonchev–Trinajstić information content (AvgIpc) is 2.23. The minimum atomic E-state index is 0.227. The van der Waals surface area contributed by atoms with E-state index in [9.17, 15) is 0 Å². The van der Waals surface area contributed by atoms with Crippen LogP contribution in [-0.4, -0.2) is 9.97 Å². The summed E-state index contributed by atoms with van der Waals surface area (Å²) in [5.74, 6) is 1.50. The van der Waals surface area contributed by atoms with E-state index in [2.05, 4.69) is 9.97 Å². The zero-order valence-electron chi connectivity index (χ0n) is 10.2. The highest BCUT2D eigenvalue weighted by molar-refractivity contribution is 5.40. The van der Waals surface area contributed by atoms with E-state index < -0.39 is 0 Å². The van der Waals surface area contributed by atoms with E-state index in [0.717, 1.165) is 17.0 Å². The highest BCUT2D eigenvalue weighted by atomic mass is 16.5. The van der Waals surface area contributed by atoms with E-state index in [-0.39, 0.29) is 5.95 Å². The first kappa shape index (κ1) is 11.4. The van der Waals surface area contributed by atoms with E-state index in [1.54, 1.807) is 6.07 Å². The molecule has 2 aromatic rings. The molecule has 1 heterocycles. The van der Waals surface area contributed by atoms with Crippen molar-refractivity contribution in [2.24, 2.45) is 0 Å². The summed E-state index contributed by atoms with van der Waals surface area (Å²) < 4.78 is 5.72. The third-order valence-corrected chi connectivity index (χ3v) is 2.62. The zero-order valence-corrected chi connectivity index (χ0v) is 10.2. The van der Waals surface area contributed by atoms with Gasteiger partial charge in [0.25, 0.3) is 0 Å². The summed E-state index contributed by atoms with van der Waals surface area (Å²) in [4.78, 5) is 8.05. The number of aromatic nitrogens is 2. The molecule has 0 fully saturated rings. The Kier molecular flexibility index (Phi) is 2.95. The lowest BCUT2D eigenvalue weighted by atomic mass is 10.1. The van der Waals surface area contributed by atoms with Crippen LogP contribution in [-0.2, 0) is 0 Å². The summed E-state index contributed by atoms with van der Waals surface area (Å²) in [7, 11) is 0. The van der Waals surface area contributed by atoms with Crippen LogP contribution in [0.3, 0.4) is 0 Å². The Hall–Kier alpha value is -2.10. The summed E-state index contributed by atoms with van der Waals surface area (Å²) in [5.41, 5.74) is 8.65. The number of ether oxygens (including phenoxy) is 1. The fourth-order valence-electron chi connectivity index (χ4n) is 1.56. The molecule has 0 spiro atoms. The van der Waals surface area contributed by atoms with Crippen molar-refractivity contribution in [1.82, 2.24) is 9.97 Å². The molecular weight excluding hydrogens is 214 g/mol. The third kappa shape index (κ3) is 2.53. The average molecular weight is 229 g/mol. The SMILES string of the molecule is Cc1cc(Oc2cccc(C)c2C)nc(N)n1. The molecule has 0 aliphatic heterocycles. The molecule has 0 radical (unpaired) electrons. The number of nitrogen functional groups attached to an aromatic ring is 1. The number of rotatable bonds is 2. The van der Waals surface area contributed by atoms with E-state index in [1.165, 1.54) is 5.56 Å². The molecule has 0 saturated heterocycles. The zero-order chi connectivity index (χ0) is 12.4. The fourth-order valence-corrected chi connectivity index (χ4v) is 1.56. The van der Waals surface area contributed by atoms with Crippen LogP contribution >= 0.6 is 0 Å². The molecule has 0 bridgehead atoms. The Morgan fingerprint density at radius 1 is 1.12 bits per heavy atom. The van der Waals surface area contributed by atoms with Gasteiger partial charge in [0, 0.05) is 11.8 Å². The topological polar surface area (TPSA) is 61.0 Å². The largest absolute Gasteiger partial charge is 0.439 e.